The van der Waals surface area contributed by atoms with E-state index in [4.69, 9.17) is 5.73 Å². The fourth-order valence-electron chi connectivity index (χ4n) is 2.42. The molecule has 1 fully saturated rings. The number of amides is 1. The van der Waals surface area contributed by atoms with Gasteiger partial charge in [0, 0.05) is 37.3 Å². The third-order valence-corrected chi connectivity index (χ3v) is 3.43. The van der Waals surface area contributed by atoms with Gasteiger partial charge in [-0.3, -0.25) is 4.79 Å². The van der Waals surface area contributed by atoms with Gasteiger partial charge < -0.3 is 16.0 Å². The Bertz CT molecular complexity index is 413. The monoisotopic (exact) mass is 248 g/mol. The van der Waals surface area contributed by atoms with Crippen molar-refractivity contribution in [2.75, 3.05) is 25.0 Å². The molecule has 0 aromatic carbocycles. The summed E-state index contributed by atoms with van der Waals surface area (Å²) >= 11 is 0. The third-order valence-electron chi connectivity index (χ3n) is 3.43. The number of nitrogens with two attached hydrogens (primary N) is 1. The van der Waals surface area contributed by atoms with Crippen molar-refractivity contribution in [1.29, 1.82) is 0 Å². The summed E-state index contributed by atoms with van der Waals surface area (Å²) in [4.78, 5) is 17.8. The maximum absolute atomic E-state index is 11.1. The van der Waals surface area contributed by atoms with E-state index in [0.29, 0.717) is 0 Å². The number of nitrogens with zero attached hydrogens (tertiary/aromatic N) is 2. The predicted octanol–water partition coefficient (Wildman–Crippen LogP) is 0.503. The summed E-state index contributed by atoms with van der Waals surface area (Å²) in [6.45, 7) is 2.50. The van der Waals surface area contributed by atoms with Gasteiger partial charge in [-0.2, -0.15) is 0 Å². The maximum atomic E-state index is 11.1. The Labute approximate surface area is 107 Å². The van der Waals surface area contributed by atoms with E-state index in [1.54, 1.807) is 0 Å². The van der Waals surface area contributed by atoms with Gasteiger partial charge in [0.25, 0.3) is 0 Å². The van der Waals surface area contributed by atoms with Gasteiger partial charge in [-0.25, -0.2) is 4.98 Å². The standard InChI is InChI=1S/C13H20N4O/c1-15-9-11-3-2-6-16-13(11)17-7-4-10(5-8-17)12(14)18/h2-3,6,10,15H,4-5,7-9H2,1H3,(H2,14,18). The normalized spacial score (nSPS) is 16.8. The van der Waals surface area contributed by atoms with Crippen molar-refractivity contribution in [2.24, 2.45) is 11.7 Å². The number of carbonyl (C=O) groups excluding carboxylic acids is 1. The van der Waals surface area contributed by atoms with Crippen LogP contribution in [0.15, 0.2) is 18.3 Å². The molecule has 18 heavy (non-hydrogen) atoms. The zero-order valence-corrected chi connectivity index (χ0v) is 10.7. The van der Waals surface area contributed by atoms with E-state index in [1.807, 2.05) is 19.3 Å². The Kier molecular flexibility index (Phi) is 4.15. The van der Waals surface area contributed by atoms with Crippen LogP contribution in [0, 0.1) is 5.92 Å². The Balaban J connectivity index is 2.07. The van der Waals surface area contributed by atoms with Crippen molar-refractivity contribution >= 4 is 11.7 Å². The van der Waals surface area contributed by atoms with E-state index in [9.17, 15) is 4.79 Å². The average Bonchev–Trinajstić information content (AvgIpc) is 2.40. The Morgan fingerprint density at radius 1 is 1.56 bits per heavy atom. The number of hydrogen-bond acceptors (Lipinski definition) is 4. The van der Waals surface area contributed by atoms with Gasteiger partial charge in [0.2, 0.25) is 5.91 Å². The lowest BCUT2D eigenvalue weighted by molar-refractivity contribution is -0.122. The molecule has 0 aliphatic carbocycles. The molecule has 5 heteroatoms. The molecule has 2 heterocycles. The number of aromatic nitrogens is 1. The van der Waals surface area contributed by atoms with Crippen molar-refractivity contribution in [3.05, 3.63) is 23.9 Å². The molecule has 1 aromatic rings. The second kappa shape index (κ2) is 5.82. The lowest BCUT2D eigenvalue weighted by Crippen LogP contribution is -2.39. The van der Waals surface area contributed by atoms with E-state index in [2.05, 4.69) is 21.3 Å². The number of hydrogen-bond donors (Lipinski definition) is 2. The number of carbonyl (C=O) groups is 1. The van der Waals surface area contributed by atoms with Gasteiger partial charge in [0.1, 0.15) is 5.82 Å². The van der Waals surface area contributed by atoms with E-state index < -0.39 is 0 Å². The first-order valence-corrected chi connectivity index (χ1v) is 6.35. The number of primary amides is 1. The van der Waals surface area contributed by atoms with Gasteiger partial charge >= 0.3 is 0 Å². The van der Waals surface area contributed by atoms with Crippen molar-refractivity contribution in [3.8, 4) is 0 Å². The molecule has 0 spiro atoms. The molecule has 98 valence electrons. The molecular formula is C13H20N4O. The molecule has 5 nitrogen and oxygen atoms in total. The fourth-order valence-corrected chi connectivity index (χ4v) is 2.42. The Morgan fingerprint density at radius 3 is 2.89 bits per heavy atom. The minimum absolute atomic E-state index is 0.0257. The van der Waals surface area contributed by atoms with Crippen LogP contribution < -0.4 is 16.0 Å². The number of rotatable bonds is 4. The van der Waals surface area contributed by atoms with Gasteiger partial charge in [0.05, 0.1) is 0 Å². The molecule has 1 aliphatic rings. The van der Waals surface area contributed by atoms with Crippen LogP contribution in [-0.2, 0) is 11.3 Å². The second-order valence-electron chi connectivity index (χ2n) is 4.68. The molecule has 0 bridgehead atoms. The van der Waals surface area contributed by atoms with Crippen LogP contribution in [0.4, 0.5) is 5.82 Å². The summed E-state index contributed by atoms with van der Waals surface area (Å²) in [6.07, 6.45) is 3.46. The van der Waals surface area contributed by atoms with Crippen LogP contribution in [0.3, 0.4) is 0 Å². The molecule has 1 aliphatic heterocycles. The largest absolute Gasteiger partial charge is 0.369 e. The van der Waals surface area contributed by atoms with Gasteiger partial charge in [-0.05, 0) is 26.0 Å². The molecule has 3 N–H and O–H groups in total. The Hall–Kier alpha value is -1.62. The molecule has 1 saturated heterocycles. The zero-order chi connectivity index (χ0) is 13.0. The molecule has 2 rings (SSSR count). The maximum Gasteiger partial charge on any atom is 0.220 e. The molecule has 0 atom stereocenters. The van der Waals surface area contributed by atoms with Crippen molar-refractivity contribution < 1.29 is 4.79 Å². The van der Waals surface area contributed by atoms with Gasteiger partial charge in [-0.1, -0.05) is 6.07 Å². The zero-order valence-electron chi connectivity index (χ0n) is 10.7. The van der Waals surface area contributed by atoms with E-state index in [1.165, 1.54) is 5.56 Å². The van der Waals surface area contributed by atoms with Crippen LogP contribution >= 0.6 is 0 Å². The molecule has 1 amide bonds. The number of piperidine rings is 1. The summed E-state index contributed by atoms with van der Waals surface area (Å²) in [7, 11) is 1.93. The summed E-state index contributed by atoms with van der Waals surface area (Å²) < 4.78 is 0. The minimum Gasteiger partial charge on any atom is -0.369 e. The molecule has 0 radical (unpaired) electrons. The number of anilines is 1. The number of pyridine rings is 1. The summed E-state index contributed by atoms with van der Waals surface area (Å²) in [6, 6.07) is 4.03. The van der Waals surface area contributed by atoms with E-state index in [-0.39, 0.29) is 11.8 Å². The van der Waals surface area contributed by atoms with Crippen LogP contribution in [-0.4, -0.2) is 31.0 Å². The van der Waals surface area contributed by atoms with Crippen LogP contribution in [0.5, 0.6) is 0 Å². The van der Waals surface area contributed by atoms with Gasteiger partial charge in [-0.15, -0.1) is 0 Å². The first-order valence-electron chi connectivity index (χ1n) is 6.35. The van der Waals surface area contributed by atoms with Crippen molar-refractivity contribution in [1.82, 2.24) is 10.3 Å². The van der Waals surface area contributed by atoms with Crippen molar-refractivity contribution in [2.45, 2.75) is 19.4 Å². The Morgan fingerprint density at radius 2 is 2.28 bits per heavy atom. The topological polar surface area (TPSA) is 71.2 Å². The summed E-state index contributed by atoms with van der Waals surface area (Å²) in [5, 5.41) is 3.15. The first-order chi connectivity index (χ1) is 8.72. The highest BCUT2D eigenvalue weighted by Gasteiger charge is 2.24. The molecule has 1 aromatic heterocycles. The number of nitrogens with one attached hydrogen (secondary N) is 1. The summed E-state index contributed by atoms with van der Waals surface area (Å²) in [5.41, 5.74) is 6.54. The van der Waals surface area contributed by atoms with Gasteiger partial charge in [0.15, 0.2) is 0 Å². The van der Waals surface area contributed by atoms with Crippen LogP contribution in [0.25, 0.3) is 0 Å². The lowest BCUT2D eigenvalue weighted by Gasteiger charge is -2.32. The van der Waals surface area contributed by atoms with E-state index in [0.717, 1.165) is 38.3 Å². The van der Waals surface area contributed by atoms with Crippen LogP contribution in [0.2, 0.25) is 0 Å². The minimum atomic E-state index is -0.175. The van der Waals surface area contributed by atoms with Crippen molar-refractivity contribution in [3.63, 3.8) is 0 Å². The quantitative estimate of drug-likeness (QED) is 0.814. The summed E-state index contributed by atoms with van der Waals surface area (Å²) in [5.74, 6) is 0.874. The second-order valence-corrected chi connectivity index (χ2v) is 4.68. The van der Waals surface area contributed by atoms with Crippen LogP contribution in [0.1, 0.15) is 18.4 Å². The first kappa shape index (κ1) is 12.8. The smallest absolute Gasteiger partial charge is 0.220 e. The van der Waals surface area contributed by atoms with E-state index >= 15 is 0 Å². The molecular weight excluding hydrogens is 228 g/mol. The highest BCUT2D eigenvalue weighted by atomic mass is 16.1. The highest BCUT2D eigenvalue weighted by Crippen LogP contribution is 2.24. The highest BCUT2D eigenvalue weighted by molar-refractivity contribution is 5.77. The SMILES string of the molecule is CNCc1cccnc1N1CCC(C(N)=O)CC1. The third kappa shape index (κ3) is 2.79. The average molecular weight is 248 g/mol. The lowest BCUT2D eigenvalue weighted by atomic mass is 9.96. The predicted molar refractivity (Wildman–Crippen MR) is 71.1 cm³/mol. The molecule has 0 saturated carbocycles. The fraction of sp³-hybridized carbons (Fsp3) is 0.538. The molecule has 0 unspecified atom stereocenters.